The molecule has 0 saturated carbocycles. The minimum atomic E-state index is -2.16. The van der Waals surface area contributed by atoms with Gasteiger partial charge in [-0.2, -0.15) is 0 Å². The maximum Gasteiger partial charge on any atom is 0.238 e. The molecule has 17 heavy (non-hydrogen) atoms. The van der Waals surface area contributed by atoms with Crippen LogP contribution in [0.2, 0.25) is 24.2 Å². The molecule has 0 aromatic heterocycles. The van der Waals surface area contributed by atoms with Gasteiger partial charge in [0.1, 0.15) is 0 Å². The van der Waals surface area contributed by atoms with Crippen molar-refractivity contribution in [2.45, 2.75) is 69.1 Å². The van der Waals surface area contributed by atoms with E-state index in [-0.39, 0.29) is 12.8 Å². The lowest BCUT2D eigenvalue weighted by atomic mass is 10.3. The lowest BCUT2D eigenvalue weighted by molar-refractivity contribution is 0.136. The van der Waals surface area contributed by atoms with Gasteiger partial charge in [0, 0.05) is 31.9 Å². The second-order valence-electron chi connectivity index (χ2n) is 3.92. The number of hydrogen-bond donors (Lipinski definition) is 0. The van der Waals surface area contributed by atoms with Crippen molar-refractivity contribution in [2.75, 3.05) is 0 Å². The number of halogens is 4. The van der Waals surface area contributed by atoms with Crippen molar-refractivity contribution in [1.82, 2.24) is 0 Å². The maximum absolute atomic E-state index is 11.8. The molecule has 0 aliphatic carbocycles. The molecule has 0 bridgehead atoms. The SMILES string of the molecule is FC(F)CCC[Si]CCC[Si]CCCC(F)F. The fraction of sp³-hybridized carbons (Fsp3) is 1.00. The highest BCUT2D eigenvalue weighted by Crippen LogP contribution is 2.09. The molecule has 0 atom stereocenters. The molecule has 0 N–H and O–H groups in total. The summed E-state index contributed by atoms with van der Waals surface area (Å²) in [7, 11) is 1.58. The molecule has 0 nitrogen and oxygen atoms in total. The number of alkyl halides is 4. The fourth-order valence-electron chi connectivity index (χ4n) is 1.35. The Hall–Kier alpha value is 0.154. The van der Waals surface area contributed by atoms with Crippen molar-refractivity contribution in [2.24, 2.45) is 0 Å². The average molecular weight is 284 g/mol. The van der Waals surface area contributed by atoms with Crippen LogP contribution >= 0.6 is 0 Å². The van der Waals surface area contributed by atoms with Crippen LogP contribution in [0.3, 0.4) is 0 Å². The Morgan fingerprint density at radius 2 is 0.941 bits per heavy atom. The summed E-state index contributed by atoms with van der Waals surface area (Å²) in [6, 6.07) is 4.06. The van der Waals surface area contributed by atoms with E-state index in [0.717, 1.165) is 49.6 Å². The zero-order valence-electron chi connectivity index (χ0n) is 10.0. The molecule has 0 aromatic carbocycles. The van der Waals surface area contributed by atoms with Gasteiger partial charge in [0.25, 0.3) is 0 Å². The summed E-state index contributed by atoms with van der Waals surface area (Å²) < 4.78 is 47.2. The summed E-state index contributed by atoms with van der Waals surface area (Å²) >= 11 is 0. The van der Waals surface area contributed by atoms with E-state index in [2.05, 4.69) is 0 Å². The van der Waals surface area contributed by atoms with Crippen molar-refractivity contribution in [3.63, 3.8) is 0 Å². The molecular weight excluding hydrogens is 264 g/mol. The van der Waals surface area contributed by atoms with Gasteiger partial charge in [0.15, 0.2) is 0 Å². The molecule has 0 aliphatic rings. The Morgan fingerprint density at radius 3 is 1.29 bits per heavy atom. The van der Waals surface area contributed by atoms with E-state index in [4.69, 9.17) is 0 Å². The van der Waals surface area contributed by atoms with Crippen LogP contribution in [-0.2, 0) is 0 Å². The lowest BCUT2D eigenvalue weighted by Crippen LogP contribution is -1.96. The smallest absolute Gasteiger partial charge is 0.211 e. The molecule has 0 fully saturated rings. The van der Waals surface area contributed by atoms with Crippen molar-refractivity contribution >= 4 is 19.0 Å². The molecule has 100 valence electrons. The van der Waals surface area contributed by atoms with E-state index < -0.39 is 12.9 Å². The number of rotatable bonds is 12. The van der Waals surface area contributed by atoms with Gasteiger partial charge in [0.2, 0.25) is 12.9 Å². The van der Waals surface area contributed by atoms with Crippen molar-refractivity contribution in [1.29, 1.82) is 0 Å². The van der Waals surface area contributed by atoms with Crippen molar-refractivity contribution < 1.29 is 17.6 Å². The summed E-state index contributed by atoms with van der Waals surface area (Å²) in [6.45, 7) is 0. The Kier molecular flexibility index (Phi) is 12.7. The normalized spacial score (nSPS) is 11.6. The van der Waals surface area contributed by atoms with Crippen LogP contribution in [0, 0.1) is 0 Å². The minimum Gasteiger partial charge on any atom is -0.211 e. The third kappa shape index (κ3) is 16.2. The Balaban J connectivity index is 2.94. The molecule has 0 aliphatic heterocycles. The van der Waals surface area contributed by atoms with E-state index >= 15 is 0 Å². The number of hydrogen-bond acceptors (Lipinski definition) is 0. The zero-order valence-corrected chi connectivity index (χ0v) is 12.0. The fourth-order valence-corrected chi connectivity index (χ4v) is 3.97. The molecule has 6 heteroatoms. The molecule has 4 radical (unpaired) electrons. The third-order valence-electron chi connectivity index (χ3n) is 2.26. The first kappa shape index (κ1) is 17.2. The largest absolute Gasteiger partial charge is 0.238 e. The first-order valence-corrected chi connectivity index (χ1v) is 8.93. The summed E-state index contributed by atoms with van der Waals surface area (Å²) in [5.41, 5.74) is 0. The lowest BCUT2D eigenvalue weighted by Gasteiger charge is -2.01. The van der Waals surface area contributed by atoms with E-state index in [1.165, 1.54) is 0 Å². The highest BCUT2D eigenvalue weighted by atomic mass is 28.2. The maximum atomic E-state index is 11.8. The van der Waals surface area contributed by atoms with Crippen LogP contribution in [0.25, 0.3) is 0 Å². The van der Waals surface area contributed by atoms with Gasteiger partial charge in [0.05, 0.1) is 0 Å². The molecule has 0 heterocycles. The molecule has 0 unspecified atom stereocenters. The predicted octanol–water partition coefficient (Wildman–Crippen LogP) is 4.55. The minimum absolute atomic E-state index is 0.0301. The Bertz CT molecular complexity index is 140. The zero-order chi connectivity index (χ0) is 12.9. The average Bonchev–Trinajstić information content (AvgIpc) is 2.25. The first-order valence-electron chi connectivity index (χ1n) is 6.10. The van der Waals surface area contributed by atoms with E-state index in [1.54, 1.807) is 0 Å². The summed E-state index contributed by atoms with van der Waals surface area (Å²) in [5.74, 6) is 0. The van der Waals surface area contributed by atoms with Gasteiger partial charge >= 0.3 is 0 Å². The molecular formula is C11H20F4Si2. The topological polar surface area (TPSA) is 0 Å². The molecule has 0 amide bonds. The quantitative estimate of drug-likeness (QED) is 0.280. The van der Waals surface area contributed by atoms with Gasteiger partial charge in [-0.3, -0.25) is 0 Å². The highest BCUT2D eigenvalue weighted by molar-refractivity contribution is 6.37. The van der Waals surface area contributed by atoms with Crippen LogP contribution in [0.1, 0.15) is 32.1 Å². The van der Waals surface area contributed by atoms with Gasteiger partial charge in [-0.25, -0.2) is 17.6 Å². The summed E-state index contributed by atoms with van der Waals surface area (Å²) in [4.78, 5) is 0. The molecule has 0 rings (SSSR count). The summed E-state index contributed by atoms with van der Waals surface area (Å²) in [5, 5.41) is 0. The first-order chi connectivity index (χ1) is 8.13. The highest BCUT2D eigenvalue weighted by Gasteiger charge is 2.02. The monoisotopic (exact) mass is 284 g/mol. The van der Waals surface area contributed by atoms with Gasteiger partial charge in [-0.05, 0) is 0 Å². The predicted molar refractivity (Wildman–Crippen MR) is 65.8 cm³/mol. The molecule has 0 spiro atoms. The standard InChI is InChI=1S/C11H20F4Si2/c12-10(13)4-1-6-16-8-3-9-17-7-2-5-11(14)15/h10-11H,1-9H2. The van der Waals surface area contributed by atoms with Gasteiger partial charge < -0.3 is 0 Å². The Labute approximate surface area is 106 Å². The second-order valence-corrected chi connectivity index (χ2v) is 6.92. The van der Waals surface area contributed by atoms with Crippen LogP contribution in [0.15, 0.2) is 0 Å². The van der Waals surface area contributed by atoms with Crippen LogP contribution in [0.4, 0.5) is 17.6 Å². The molecule has 0 saturated heterocycles. The van der Waals surface area contributed by atoms with Crippen LogP contribution < -0.4 is 0 Å². The van der Waals surface area contributed by atoms with Gasteiger partial charge in [-0.15, -0.1) is 0 Å². The van der Waals surface area contributed by atoms with E-state index in [1.807, 2.05) is 0 Å². The third-order valence-corrected chi connectivity index (χ3v) is 5.09. The van der Waals surface area contributed by atoms with E-state index in [9.17, 15) is 17.6 Å². The van der Waals surface area contributed by atoms with Crippen molar-refractivity contribution in [3.8, 4) is 0 Å². The van der Waals surface area contributed by atoms with Gasteiger partial charge in [-0.1, -0.05) is 43.4 Å². The summed E-state index contributed by atoms with van der Waals surface area (Å²) in [6.07, 6.45) is -1.86. The Morgan fingerprint density at radius 1 is 0.588 bits per heavy atom. The van der Waals surface area contributed by atoms with E-state index in [0.29, 0.717) is 12.8 Å². The molecule has 0 aromatic rings. The van der Waals surface area contributed by atoms with Crippen molar-refractivity contribution in [3.05, 3.63) is 0 Å². The van der Waals surface area contributed by atoms with Crippen LogP contribution in [0.5, 0.6) is 0 Å². The van der Waals surface area contributed by atoms with Crippen LogP contribution in [-0.4, -0.2) is 31.9 Å². The second kappa shape index (κ2) is 12.6.